The molecule has 170 valence electrons. The second-order valence-corrected chi connectivity index (χ2v) is 8.12. The Morgan fingerprint density at radius 2 is 2.03 bits per heavy atom. The Morgan fingerprint density at radius 1 is 1.28 bits per heavy atom. The third-order valence-electron chi connectivity index (χ3n) is 6.25. The van der Waals surface area contributed by atoms with Gasteiger partial charge in [0, 0.05) is 44.1 Å². The average molecular weight is 447 g/mol. The van der Waals surface area contributed by atoms with Crippen LogP contribution in [0.4, 0.5) is 8.78 Å². The zero-order valence-electron chi connectivity index (χ0n) is 17.6. The normalized spacial score (nSPS) is 22.3. The number of benzene rings is 1. The second-order valence-electron chi connectivity index (χ2n) is 8.12. The van der Waals surface area contributed by atoms with Crippen LogP contribution < -0.4 is 10.7 Å². The van der Waals surface area contributed by atoms with Crippen molar-refractivity contribution >= 4 is 11.8 Å². The van der Waals surface area contributed by atoms with Crippen LogP contribution in [0.15, 0.2) is 29.2 Å². The molecule has 1 saturated heterocycles. The largest absolute Gasteiger partial charge is 0.503 e. The highest BCUT2D eigenvalue weighted by Crippen LogP contribution is 2.35. The fourth-order valence-electron chi connectivity index (χ4n) is 4.40. The fraction of sp³-hybridized carbons (Fsp3) is 0.409. The third-order valence-corrected chi connectivity index (χ3v) is 6.25. The number of halogens is 2. The molecule has 1 aromatic heterocycles. The van der Waals surface area contributed by atoms with Gasteiger partial charge in [0.05, 0.1) is 12.1 Å². The van der Waals surface area contributed by atoms with E-state index in [-0.39, 0.29) is 35.5 Å². The molecule has 0 unspecified atom stereocenters. The van der Waals surface area contributed by atoms with Crippen LogP contribution in [0.5, 0.6) is 5.75 Å². The van der Waals surface area contributed by atoms with Gasteiger partial charge in [0.2, 0.25) is 5.43 Å². The van der Waals surface area contributed by atoms with E-state index in [2.05, 4.69) is 5.32 Å². The Labute approximate surface area is 182 Å². The first kappa shape index (κ1) is 21.9. The summed E-state index contributed by atoms with van der Waals surface area (Å²) in [5, 5.41) is 13.0. The number of pyridine rings is 1. The molecule has 3 atom stereocenters. The molecule has 32 heavy (non-hydrogen) atoms. The van der Waals surface area contributed by atoms with Crippen LogP contribution >= 0.6 is 0 Å². The number of hydrogen-bond acceptors (Lipinski definition) is 5. The van der Waals surface area contributed by atoms with Crippen LogP contribution in [0.1, 0.15) is 52.2 Å². The minimum Gasteiger partial charge on any atom is -0.503 e. The standard InChI is InChI=1S/C22H23F2N3O5/c1-11-3-6-17(32-2)16-10-26(11)22(31)18-20(29)19(28)14(9-27(16)18)21(30)25-8-12-4-5-13(23)7-15(12)24/h4-5,7,9,11,16-17,29H,3,6,8,10H2,1-2H3,(H,25,30)/t11-,16+,17-/m0/s1. The SMILES string of the molecule is CO[C@H]1CC[C@H](C)N2C[C@H]1n1cc(C(=O)NCc3ccc(F)cc3F)c(=O)c(O)c1C2=O. The Hall–Kier alpha value is -3.27. The van der Waals surface area contributed by atoms with Crippen molar-refractivity contribution in [1.29, 1.82) is 0 Å². The van der Waals surface area contributed by atoms with Crippen molar-refractivity contribution < 1.29 is 28.2 Å². The molecule has 2 aliphatic rings. The van der Waals surface area contributed by atoms with Gasteiger partial charge in [-0.3, -0.25) is 14.4 Å². The predicted octanol–water partition coefficient (Wildman–Crippen LogP) is 1.96. The van der Waals surface area contributed by atoms with Crippen LogP contribution in [-0.4, -0.2) is 52.2 Å². The summed E-state index contributed by atoms with van der Waals surface area (Å²) in [5.74, 6) is -3.74. The molecule has 2 aliphatic heterocycles. The summed E-state index contributed by atoms with van der Waals surface area (Å²) in [5.41, 5.74) is -1.53. The van der Waals surface area contributed by atoms with E-state index < -0.39 is 40.7 Å². The molecular formula is C22H23F2N3O5. The van der Waals surface area contributed by atoms with Gasteiger partial charge >= 0.3 is 0 Å². The molecule has 2 bridgehead atoms. The van der Waals surface area contributed by atoms with Gasteiger partial charge in [0.15, 0.2) is 11.4 Å². The Bertz CT molecular complexity index is 1150. The van der Waals surface area contributed by atoms with E-state index in [9.17, 15) is 28.3 Å². The number of fused-ring (bicyclic) bond motifs is 4. The zero-order chi connectivity index (χ0) is 23.2. The monoisotopic (exact) mass is 447 g/mol. The Balaban J connectivity index is 1.71. The van der Waals surface area contributed by atoms with Crippen molar-refractivity contribution in [1.82, 2.24) is 14.8 Å². The molecule has 2 N–H and O–H groups in total. The summed E-state index contributed by atoms with van der Waals surface area (Å²) >= 11 is 0. The summed E-state index contributed by atoms with van der Waals surface area (Å²) in [7, 11) is 1.55. The number of rotatable bonds is 4. The molecule has 10 heteroatoms. The van der Waals surface area contributed by atoms with E-state index in [1.165, 1.54) is 16.8 Å². The van der Waals surface area contributed by atoms with Gasteiger partial charge in [-0.2, -0.15) is 0 Å². The van der Waals surface area contributed by atoms with Crippen molar-refractivity contribution in [3.63, 3.8) is 0 Å². The van der Waals surface area contributed by atoms with Crippen molar-refractivity contribution in [3.8, 4) is 5.75 Å². The number of aromatic hydroxyl groups is 1. The smallest absolute Gasteiger partial charge is 0.274 e. The molecule has 3 heterocycles. The van der Waals surface area contributed by atoms with Gasteiger partial charge in [-0.05, 0) is 25.8 Å². The van der Waals surface area contributed by atoms with Crippen molar-refractivity contribution in [2.45, 2.75) is 44.5 Å². The van der Waals surface area contributed by atoms with Gasteiger partial charge in [0.25, 0.3) is 11.8 Å². The number of amides is 2. The highest BCUT2D eigenvalue weighted by atomic mass is 19.1. The molecule has 0 aliphatic carbocycles. The number of ether oxygens (including phenoxy) is 1. The van der Waals surface area contributed by atoms with Crippen LogP contribution in [0.2, 0.25) is 0 Å². The van der Waals surface area contributed by atoms with E-state index in [0.29, 0.717) is 25.5 Å². The summed E-state index contributed by atoms with van der Waals surface area (Å²) in [6, 6.07) is 2.44. The van der Waals surface area contributed by atoms with Gasteiger partial charge in [-0.25, -0.2) is 8.78 Å². The van der Waals surface area contributed by atoms with Gasteiger partial charge < -0.3 is 24.6 Å². The maximum absolute atomic E-state index is 13.9. The number of nitrogens with zero attached hydrogens (tertiary/aromatic N) is 2. The summed E-state index contributed by atoms with van der Waals surface area (Å²) < 4.78 is 34.0. The van der Waals surface area contributed by atoms with Crippen LogP contribution in [-0.2, 0) is 11.3 Å². The lowest BCUT2D eigenvalue weighted by Crippen LogP contribution is -2.49. The second kappa shape index (κ2) is 8.34. The van der Waals surface area contributed by atoms with Crippen molar-refractivity contribution in [2.24, 2.45) is 0 Å². The maximum atomic E-state index is 13.9. The number of nitrogens with one attached hydrogen (secondary N) is 1. The molecular weight excluding hydrogens is 424 g/mol. The lowest BCUT2D eigenvalue weighted by molar-refractivity contribution is 0.0330. The van der Waals surface area contributed by atoms with Gasteiger partial charge in [-0.1, -0.05) is 6.07 Å². The molecule has 2 amide bonds. The molecule has 8 nitrogen and oxygen atoms in total. The molecule has 0 saturated carbocycles. The maximum Gasteiger partial charge on any atom is 0.274 e. The number of carbonyl (C=O) groups excluding carboxylic acids is 2. The highest BCUT2D eigenvalue weighted by molar-refractivity contribution is 5.99. The predicted molar refractivity (Wildman–Crippen MR) is 109 cm³/mol. The Morgan fingerprint density at radius 3 is 2.72 bits per heavy atom. The molecule has 0 spiro atoms. The van der Waals surface area contributed by atoms with Crippen molar-refractivity contribution in [3.05, 3.63) is 63.1 Å². The zero-order valence-corrected chi connectivity index (χ0v) is 17.6. The molecule has 1 aromatic carbocycles. The fourth-order valence-corrected chi connectivity index (χ4v) is 4.40. The third kappa shape index (κ3) is 3.64. The summed E-state index contributed by atoms with van der Waals surface area (Å²) in [6.07, 6.45) is 2.30. The molecule has 1 fully saturated rings. The van der Waals surface area contributed by atoms with Crippen LogP contribution in [0.3, 0.4) is 0 Å². The summed E-state index contributed by atoms with van der Waals surface area (Å²) in [4.78, 5) is 40.1. The molecule has 0 radical (unpaired) electrons. The first-order chi connectivity index (χ1) is 15.2. The van der Waals surface area contributed by atoms with E-state index >= 15 is 0 Å². The number of carbonyl (C=O) groups is 2. The number of hydrogen-bond donors (Lipinski definition) is 2. The minimum atomic E-state index is -0.997. The van der Waals surface area contributed by atoms with Gasteiger partial charge in [0.1, 0.15) is 17.2 Å². The summed E-state index contributed by atoms with van der Waals surface area (Å²) in [6.45, 7) is 1.92. The Kier molecular flexibility index (Phi) is 5.72. The minimum absolute atomic E-state index is 0.0325. The first-order valence-corrected chi connectivity index (χ1v) is 10.3. The average Bonchev–Trinajstić information content (AvgIpc) is 2.90. The van der Waals surface area contributed by atoms with Crippen LogP contribution in [0.25, 0.3) is 0 Å². The van der Waals surface area contributed by atoms with E-state index in [1.807, 2.05) is 6.92 Å². The molecule has 2 aromatic rings. The van der Waals surface area contributed by atoms with Gasteiger partial charge in [-0.15, -0.1) is 0 Å². The number of methoxy groups -OCH3 is 1. The first-order valence-electron chi connectivity index (χ1n) is 10.3. The lowest BCUT2D eigenvalue weighted by Gasteiger charge is -2.38. The van der Waals surface area contributed by atoms with Crippen molar-refractivity contribution in [2.75, 3.05) is 13.7 Å². The van der Waals surface area contributed by atoms with E-state index in [4.69, 9.17) is 4.74 Å². The van der Waals surface area contributed by atoms with E-state index in [0.717, 1.165) is 6.07 Å². The quantitative estimate of drug-likeness (QED) is 0.746. The lowest BCUT2D eigenvalue weighted by atomic mass is 10.0. The van der Waals surface area contributed by atoms with E-state index in [1.54, 1.807) is 12.0 Å². The topological polar surface area (TPSA) is 101 Å². The number of aromatic nitrogens is 1. The highest BCUT2D eigenvalue weighted by Gasteiger charge is 2.42. The van der Waals surface area contributed by atoms with Crippen LogP contribution in [0, 0.1) is 11.6 Å². The molecule has 4 rings (SSSR count).